The largest absolute Gasteiger partial charge is 0.339 e. The highest BCUT2D eigenvalue weighted by molar-refractivity contribution is 8.13. The molecular weight excluding hydrogens is 388 g/mol. The van der Waals surface area contributed by atoms with E-state index in [0.717, 1.165) is 11.8 Å². The molecule has 0 saturated carbocycles. The van der Waals surface area contributed by atoms with Gasteiger partial charge in [-0.1, -0.05) is 30.3 Å². The highest BCUT2D eigenvalue weighted by atomic mass is 32.2. The molecule has 3 rings (SSSR count). The lowest BCUT2D eigenvalue weighted by molar-refractivity contribution is 0.102. The Morgan fingerprint density at radius 1 is 1.03 bits per heavy atom. The van der Waals surface area contributed by atoms with Crippen LogP contribution in [0.2, 0.25) is 0 Å². The number of carbonyl (C=O) groups is 2. The van der Waals surface area contributed by atoms with Crippen molar-refractivity contribution in [3.63, 3.8) is 0 Å². The number of hydrogen-bond acceptors (Lipinski definition) is 5. The number of amides is 2. The van der Waals surface area contributed by atoms with Crippen LogP contribution in [0, 0.1) is 0 Å². The summed E-state index contributed by atoms with van der Waals surface area (Å²) in [5, 5.41) is 7.94. The zero-order valence-electron chi connectivity index (χ0n) is 16.7. The van der Waals surface area contributed by atoms with Crippen LogP contribution in [0.3, 0.4) is 0 Å². The van der Waals surface area contributed by atoms with Gasteiger partial charge in [0, 0.05) is 24.4 Å². The number of anilines is 1. The minimum Gasteiger partial charge on any atom is -0.339 e. The van der Waals surface area contributed by atoms with Gasteiger partial charge in [0.2, 0.25) is 0 Å². The molecule has 0 aliphatic rings. The second-order valence-electron chi connectivity index (χ2n) is 6.95. The summed E-state index contributed by atoms with van der Waals surface area (Å²) < 4.78 is 1.31. The van der Waals surface area contributed by atoms with Gasteiger partial charge in [0.1, 0.15) is 0 Å². The van der Waals surface area contributed by atoms with Gasteiger partial charge in [-0.3, -0.25) is 14.4 Å². The number of carbonyl (C=O) groups excluding carboxylic acids is 2. The number of hydrogen-bond donors (Lipinski definition) is 1. The van der Waals surface area contributed by atoms with Gasteiger partial charge in [-0.15, -0.1) is 0 Å². The van der Waals surface area contributed by atoms with Crippen LogP contribution in [0.1, 0.15) is 30.4 Å². The van der Waals surface area contributed by atoms with E-state index < -0.39 is 5.91 Å². The van der Waals surface area contributed by atoms with E-state index in [9.17, 15) is 14.4 Å². The molecule has 150 valence electrons. The standard InChI is InChI=1S/C21H22N4O3S/c1-13(2)25-20(27)15-10-6-5-9-14(15)18(23-25)19(26)22-16-11-7-8-12-17(16)29-21(28)24(3)4/h5-13H,1-4H3,(H,22,26). The first-order valence-corrected chi connectivity index (χ1v) is 9.92. The third-order valence-corrected chi connectivity index (χ3v) is 5.35. The van der Waals surface area contributed by atoms with Gasteiger partial charge in [-0.2, -0.15) is 5.10 Å². The zero-order valence-corrected chi connectivity index (χ0v) is 17.5. The van der Waals surface area contributed by atoms with Crippen molar-refractivity contribution < 1.29 is 9.59 Å². The van der Waals surface area contributed by atoms with Gasteiger partial charge < -0.3 is 10.2 Å². The molecule has 0 radical (unpaired) electrons. The summed E-state index contributed by atoms with van der Waals surface area (Å²) in [5.41, 5.74) is 0.429. The molecule has 1 heterocycles. The lowest BCUT2D eigenvalue weighted by Gasteiger charge is -2.15. The van der Waals surface area contributed by atoms with E-state index in [2.05, 4.69) is 10.4 Å². The molecule has 8 heteroatoms. The van der Waals surface area contributed by atoms with Crippen LogP contribution in [0.25, 0.3) is 10.8 Å². The number of fused-ring (bicyclic) bond motifs is 1. The predicted molar refractivity (Wildman–Crippen MR) is 116 cm³/mol. The maximum atomic E-state index is 13.1. The van der Waals surface area contributed by atoms with Crippen molar-refractivity contribution >= 4 is 39.4 Å². The Morgan fingerprint density at radius 2 is 1.66 bits per heavy atom. The first-order valence-electron chi connectivity index (χ1n) is 9.10. The lowest BCUT2D eigenvalue weighted by atomic mass is 10.1. The van der Waals surface area contributed by atoms with Crippen molar-refractivity contribution in [2.24, 2.45) is 0 Å². The summed E-state index contributed by atoms with van der Waals surface area (Å²) in [6, 6.07) is 13.8. The summed E-state index contributed by atoms with van der Waals surface area (Å²) in [7, 11) is 3.34. The SMILES string of the molecule is CC(C)n1nc(C(=O)Nc2ccccc2SC(=O)N(C)C)c2ccccc2c1=O. The van der Waals surface area contributed by atoms with Crippen molar-refractivity contribution in [3.05, 3.63) is 64.6 Å². The van der Waals surface area contributed by atoms with Gasteiger partial charge in [-0.05, 0) is 43.8 Å². The van der Waals surface area contributed by atoms with Crippen LogP contribution in [-0.4, -0.2) is 39.9 Å². The van der Waals surface area contributed by atoms with Crippen LogP contribution < -0.4 is 10.9 Å². The molecule has 0 aliphatic heterocycles. The Balaban J connectivity index is 2.03. The Morgan fingerprint density at radius 3 is 2.31 bits per heavy atom. The van der Waals surface area contributed by atoms with Crippen molar-refractivity contribution in [1.82, 2.24) is 14.7 Å². The van der Waals surface area contributed by atoms with E-state index in [0.29, 0.717) is 21.4 Å². The third-order valence-electron chi connectivity index (χ3n) is 4.23. The van der Waals surface area contributed by atoms with Crippen molar-refractivity contribution in [2.45, 2.75) is 24.8 Å². The Labute approximate surface area is 172 Å². The lowest BCUT2D eigenvalue weighted by Crippen LogP contribution is -2.29. The van der Waals surface area contributed by atoms with Gasteiger partial charge in [0.05, 0.1) is 17.1 Å². The Kier molecular flexibility index (Phi) is 6.03. The number of nitrogens with one attached hydrogen (secondary N) is 1. The summed E-state index contributed by atoms with van der Waals surface area (Å²) in [6.07, 6.45) is 0. The molecule has 0 saturated heterocycles. The molecule has 2 aromatic carbocycles. The highest BCUT2D eigenvalue weighted by Gasteiger charge is 2.19. The number of rotatable bonds is 4. The van der Waals surface area contributed by atoms with Gasteiger partial charge in [0.15, 0.2) is 5.69 Å². The molecule has 1 N–H and O–H groups in total. The van der Waals surface area contributed by atoms with E-state index in [1.165, 1.54) is 9.58 Å². The van der Waals surface area contributed by atoms with E-state index >= 15 is 0 Å². The second-order valence-corrected chi connectivity index (χ2v) is 7.94. The highest BCUT2D eigenvalue weighted by Crippen LogP contribution is 2.29. The summed E-state index contributed by atoms with van der Waals surface area (Å²) in [4.78, 5) is 39.9. The summed E-state index contributed by atoms with van der Waals surface area (Å²) >= 11 is 1.03. The number of nitrogens with zero attached hydrogens (tertiary/aromatic N) is 3. The van der Waals surface area contributed by atoms with Crippen LogP contribution in [0.4, 0.5) is 10.5 Å². The molecule has 0 bridgehead atoms. The van der Waals surface area contributed by atoms with Crippen molar-refractivity contribution in [1.29, 1.82) is 0 Å². The molecule has 0 unspecified atom stereocenters. The first kappa shape index (κ1) is 20.6. The molecule has 0 atom stereocenters. The molecule has 29 heavy (non-hydrogen) atoms. The molecule has 3 aromatic rings. The molecule has 2 amide bonds. The monoisotopic (exact) mass is 410 g/mol. The van der Waals surface area contributed by atoms with Crippen LogP contribution in [-0.2, 0) is 0 Å². The van der Waals surface area contributed by atoms with E-state index in [-0.39, 0.29) is 22.5 Å². The predicted octanol–water partition coefficient (Wildman–Crippen LogP) is 4.00. The van der Waals surface area contributed by atoms with Gasteiger partial charge in [-0.25, -0.2) is 4.68 Å². The number of thioether (sulfide) groups is 1. The summed E-state index contributed by atoms with van der Waals surface area (Å²) in [5.74, 6) is -0.444. The van der Waals surface area contributed by atoms with E-state index in [4.69, 9.17) is 0 Å². The van der Waals surface area contributed by atoms with Crippen LogP contribution in [0.15, 0.2) is 58.2 Å². The average Bonchev–Trinajstić information content (AvgIpc) is 2.69. The second kappa shape index (κ2) is 8.48. The number of aromatic nitrogens is 2. The number of para-hydroxylation sites is 1. The normalized spacial score (nSPS) is 10.9. The van der Waals surface area contributed by atoms with Gasteiger partial charge >= 0.3 is 0 Å². The van der Waals surface area contributed by atoms with Gasteiger partial charge in [0.25, 0.3) is 16.7 Å². The molecule has 1 aromatic heterocycles. The molecule has 0 aliphatic carbocycles. The molecule has 0 fully saturated rings. The molecule has 0 spiro atoms. The molecular formula is C21H22N4O3S. The number of benzene rings is 2. The fraction of sp³-hybridized carbons (Fsp3) is 0.238. The van der Waals surface area contributed by atoms with E-state index in [1.54, 1.807) is 62.6 Å². The quantitative estimate of drug-likeness (QED) is 0.657. The maximum absolute atomic E-state index is 13.1. The average molecular weight is 410 g/mol. The fourth-order valence-electron chi connectivity index (χ4n) is 2.75. The summed E-state index contributed by atoms with van der Waals surface area (Å²) in [6.45, 7) is 3.67. The maximum Gasteiger partial charge on any atom is 0.286 e. The zero-order chi connectivity index (χ0) is 21.1. The first-order chi connectivity index (χ1) is 13.8. The Hall–Kier alpha value is -3.13. The fourth-order valence-corrected chi connectivity index (χ4v) is 3.50. The third kappa shape index (κ3) is 4.32. The topological polar surface area (TPSA) is 84.3 Å². The van der Waals surface area contributed by atoms with E-state index in [1.807, 2.05) is 13.8 Å². The minimum atomic E-state index is -0.444. The smallest absolute Gasteiger partial charge is 0.286 e. The van der Waals surface area contributed by atoms with Crippen molar-refractivity contribution in [2.75, 3.05) is 19.4 Å². The van der Waals surface area contributed by atoms with Crippen LogP contribution in [0.5, 0.6) is 0 Å². The van der Waals surface area contributed by atoms with Crippen molar-refractivity contribution in [3.8, 4) is 0 Å². The minimum absolute atomic E-state index is 0.149. The Bertz CT molecular complexity index is 1140. The molecule has 7 nitrogen and oxygen atoms in total. The van der Waals surface area contributed by atoms with Crippen LogP contribution >= 0.6 is 11.8 Å².